The third kappa shape index (κ3) is 2.69. The molecule has 0 spiro atoms. The van der Waals surface area contributed by atoms with Gasteiger partial charge < -0.3 is 15.9 Å². The summed E-state index contributed by atoms with van der Waals surface area (Å²) >= 11 is 0. The average molecular weight is 250 g/mol. The lowest BCUT2D eigenvalue weighted by Crippen LogP contribution is -2.50. The number of carbonyl (C=O) groups is 1. The van der Waals surface area contributed by atoms with E-state index in [1.165, 1.54) is 0 Å². The SMILES string of the molecule is NC1(C(=O)O)CCN(CC(O)c2ccccc2)C1. The largest absolute Gasteiger partial charge is 0.480 e. The van der Waals surface area contributed by atoms with Gasteiger partial charge in [0.1, 0.15) is 5.54 Å². The molecule has 0 radical (unpaired) electrons. The molecule has 18 heavy (non-hydrogen) atoms. The Labute approximate surface area is 106 Å². The highest BCUT2D eigenvalue weighted by Crippen LogP contribution is 2.22. The highest BCUT2D eigenvalue weighted by atomic mass is 16.4. The quantitative estimate of drug-likeness (QED) is 0.711. The second kappa shape index (κ2) is 5.06. The highest BCUT2D eigenvalue weighted by Gasteiger charge is 2.41. The minimum Gasteiger partial charge on any atom is -0.480 e. The van der Waals surface area contributed by atoms with Crippen molar-refractivity contribution in [2.45, 2.75) is 18.1 Å². The number of benzene rings is 1. The van der Waals surface area contributed by atoms with Crippen molar-refractivity contribution < 1.29 is 15.0 Å². The summed E-state index contributed by atoms with van der Waals surface area (Å²) in [6.07, 6.45) is -0.188. The molecule has 5 nitrogen and oxygen atoms in total. The van der Waals surface area contributed by atoms with Gasteiger partial charge in [0.05, 0.1) is 6.10 Å². The summed E-state index contributed by atoms with van der Waals surface area (Å²) in [7, 11) is 0. The number of hydrogen-bond acceptors (Lipinski definition) is 4. The van der Waals surface area contributed by atoms with Gasteiger partial charge in [-0.25, -0.2) is 0 Å². The van der Waals surface area contributed by atoms with Crippen molar-refractivity contribution in [3.05, 3.63) is 35.9 Å². The van der Waals surface area contributed by atoms with Crippen molar-refractivity contribution in [2.75, 3.05) is 19.6 Å². The van der Waals surface area contributed by atoms with Crippen LogP contribution in [0.2, 0.25) is 0 Å². The average Bonchev–Trinajstić information content (AvgIpc) is 2.73. The zero-order valence-corrected chi connectivity index (χ0v) is 10.1. The first-order chi connectivity index (χ1) is 8.51. The number of nitrogens with zero attached hydrogens (tertiary/aromatic N) is 1. The molecule has 4 N–H and O–H groups in total. The fraction of sp³-hybridized carbons (Fsp3) is 0.462. The Balaban J connectivity index is 1.94. The Morgan fingerprint density at radius 2 is 2.11 bits per heavy atom. The van der Waals surface area contributed by atoms with E-state index >= 15 is 0 Å². The Bertz CT molecular complexity index is 424. The highest BCUT2D eigenvalue weighted by molar-refractivity contribution is 5.79. The van der Waals surface area contributed by atoms with Gasteiger partial charge in [-0.05, 0) is 12.0 Å². The van der Waals surface area contributed by atoms with Crippen molar-refractivity contribution in [2.24, 2.45) is 5.73 Å². The van der Waals surface area contributed by atoms with Crippen LogP contribution in [0, 0.1) is 0 Å². The molecule has 2 rings (SSSR count). The van der Waals surface area contributed by atoms with E-state index in [-0.39, 0.29) is 6.54 Å². The summed E-state index contributed by atoms with van der Waals surface area (Å²) in [6, 6.07) is 9.34. The molecular formula is C13H18N2O3. The smallest absolute Gasteiger partial charge is 0.325 e. The lowest BCUT2D eigenvalue weighted by molar-refractivity contribution is -0.142. The van der Waals surface area contributed by atoms with Gasteiger partial charge in [-0.1, -0.05) is 30.3 Å². The van der Waals surface area contributed by atoms with Gasteiger partial charge in [-0.3, -0.25) is 9.69 Å². The number of aliphatic carboxylic acids is 1. The lowest BCUT2D eigenvalue weighted by Gasteiger charge is -2.22. The Morgan fingerprint density at radius 1 is 1.44 bits per heavy atom. The van der Waals surface area contributed by atoms with Crippen LogP contribution in [-0.4, -0.2) is 46.3 Å². The van der Waals surface area contributed by atoms with Gasteiger partial charge in [0.25, 0.3) is 0 Å². The summed E-state index contributed by atoms with van der Waals surface area (Å²) in [5, 5.41) is 19.1. The Kier molecular flexibility index (Phi) is 3.65. The molecule has 2 unspecified atom stereocenters. The van der Waals surface area contributed by atoms with E-state index in [9.17, 15) is 9.90 Å². The molecule has 0 bridgehead atoms. The van der Waals surface area contributed by atoms with Crippen LogP contribution >= 0.6 is 0 Å². The third-order valence-electron chi connectivity index (χ3n) is 3.42. The van der Waals surface area contributed by atoms with Gasteiger partial charge in [-0.15, -0.1) is 0 Å². The molecule has 5 heteroatoms. The number of nitrogens with two attached hydrogens (primary N) is 1. The van der Waals surface area contributed by atoms with Gasteiger partial charge in [0.15, 0.2) is 0 Å². The van der Waals surface area contributed by atoms with Gasteiger partial charge in [-0.2, -0.15) is 0 Å². The molecule has 1 saturated heterocycles. The van der Waals surface area contributed by atoms with Gasteiger partial charge >= 0.3 is 5.97 Å². The van der Waals surface area contributed by atoms with Crippen LogP contribution in [0.4, 0.5) is 0 Å². The molecule has 2 atom stereocenters. The number of aliphatic hydroxyl groups is 1. The molecule has 98 valence electrons. The third-order valence-corrected chi connectivity index (χ3v) is 3.42. The lowest BCUT2D eigenvalue weighted by atomic mass is 10.0. The second-order valence-electron chi connectivity index (χ2n) is 4.87. The molecule has 0 amide bonds. The van der Waals surface area contributed by atoms with Crippen molar-refractivity contribution in [1.82, 2.24) is 4.90 Å². The number of rotatable bonds is 4. The van der Waals surface area contributed by atoms with E-state index in [1.807, 2.05) is 35.2 Å². The van der Waals surface area contributed by atoms with Crippen LogP contribution in [0.1, 0.15) is 18.1 Å². The molecule has 1 fully saturated rings. The minimum atomic E-state index is -1.17. The fourth-order valence-electron chi connectivity index (χ4n) is 2.27. The maximum Gasteiger partial charge on any atom is 0.325 e. The number of carboxylic acid groups (broad SMARTS) is 1. The normalized spacial score (nSPS) is 26.1. The first-order valence-corrected chi connectivity index (χ1v) is 5.99. The van der Waals surface area contributed by atoms with Crippen LogP contribution in [-0.2, 0) is 4.79 Å². The van der Waals surface area contributed by atoms with Crippen LogP contribution < -0.4 is 5.73 Å². The molecule has 1 aromatic carbocycles. The number of aliphatic hydroxyl groups excluding tert-OH is 1. The van der Waals surface area contributed by atoms with Crippen molar-refractivity contribution in [3.63, 3.8) is 0 Å². The number of β-amino-alcohol motifs (C(OH)–C–C–N with tert-alkyl or cyclic N) is 1. The van der Waals surface area contributed by atoms with Crippen molar-refractivity contribution >= 4 is 5.97 Å². The molecular weight excluding hydrogens is 232 g/mol. The summed E-state index contributed by atoms with van der Waals surface area (Å²) < 4.78 is 0. The molecule has 0 saturated carbocycles. The molecule has 0 aliphatic carbocycles. The summed E-state index contributed by atoms with van der Waals surface area (Å²) in [6.45, 7) is 1.30. The summed E-state index contributed by atoms with van der Waals surface area (Å²) in [5.74, 6) is -0.973. The molecule has 1 aliphatic heterocycles. The predicted octanol–water partition coefficient (Wildman–Crippen LogP) is 0.208. The van der Waals surface area contributed by atoms with Crippen LogP contribution in [0.25, 0.3) is 0 Å². The monoisotopic (exact) mass is 250 g/mol. The predicted molar refractivity (Wildman–Crippen MR) is 67.0 cm³/mol. The van der Waals surface area contributed by atoms with E-state index in [1.54, 1.807) is 0 Å². The van der Waals surface area contributed by atoms with Gasteiger partial charge in [0.2, 0.25) is 0 Å². The van der Waals surface area contributed by atoms with E-state index in [0.29, 0.717) is 19.5 Å². The van der Waals surface area contributed by atoms with Crippen molar-refractivity contribution in [3.8, 4) is 0 Å². The fourth-order valence-corrected chi connectivity index (χ4v) is 2.27. The van der Waals surface area contributed by atoms with E-state index in [0.717, 1.165) is 5.56 Å². The standard InChI is InChI=1S/C13H18N2O3/c14-13(12(17)18)6-7-15(9-13)8-11(16)10-4-2-1-3-5-10/h1-5,11,16H,6-9,14H2,(H,17,18). The minimum absolute atomic E-state index is 0.284. The zero-order chi connectivity index (χ0) is 13.2. The summed E-state index contributed by atoms with van der Waals surface area (Å²) in [5.41, 5.74) is 5.45. The van der Waals surface area contributed by atoms with E-state index in [2.05, 4.69) is 0 Å². The molecule has 1 heterocycles. The van der Waals surface area contributed by atoms with Crippen LogP contribution in [0.3, 0.4) is 0 Å². The van der Waals surface area contributed by atoms with Gasteiger partial charge in [0, 0.05) is 19.6 Å². The summed E-state index contributed by atoms with van der Waals surface area (Å²) in [4.78, 5) is 12.9. The molecule has 0 aromatic heterocycles. The number of likely N-dealkylation sites (tertiary alicyclic amines) is 1. The number of hydrogen-bond donors (Lipinski definition) is 3. The van der Waals surface area contributed by atoms with Crippen LogP contribution in [0.15, 0.2) is 30.3 Å². The maximum absolute atomic E-state index is 11.0. The topological polar surface area (TPSA) is 86.8 Å². The first-order valence-electron chi connectivity index (χ1n) is 5.99. The van der Waals surface area contributed by atoms with Crippen LogP contribution in [0.5, 0.6) is 0 Å². The number of carboxylic acids is 1. The zero-order valence-electron chi connectivity index (χ0n) is 10.1. The second-order valence-corrected chi connectivity index (χ2v) is 4.87. The van der Waals surface area contributed by atoms with E-state index in [4.69, 9.17) is 10.8 Å². The maximum atomic E-state index is 11.0. The Hall–Kier alpha value is -1.43. The molecule has 1 aromatic rings. The Morgan fingerprint density at radius 3 is 2.67 bits per heavy atom. The molecule has 1 aliphatic rings. The first kappa shape index (κ1) is 13.0. The van der Waals surface area contributed by atoms with E-state index < -0.39 is 17.6 Å². The van der Waals surface area contributed by atoms with Crippen molar-refractivity contribution in [1.29, 1.82) is 0 Å².